The fourth-order valence-corrected chi connectivity index (χ4v) is 2.99. The van der Waals surface area contributed by atoms with Gasteiger partial charge in [-0.3, -0.25) is 5.21 Å². The van der Waals surface area contributed by atoms with Gasteiger partial charge in [0, 0.05) is 5.92 Å². The number of amides is 1. The van der Waals surface area contributed by atoms with Gasteiger partial charge in [-0.1, -0.05) is 60.7 Å². The van der Waals surface area contributed by atoms with Crippen LogP contribution in [-0.4, -0.2) is 29.5 Å². The Hall–Kier alpha value is -2.59. The van der Waals surface area contributed by atoms with E-state index in [1.165, 1.54) is 11.1 Å². The number of benzene rings is 2. The van der Waals surface area contributed by atoms with Crippen molar-refractivity contribution in [2.75, 3.05) is 13.2 Å². The third kappa shape index (κ3) is 2.98. The minimum Gasteiger partial charge on any atom is -0.447 e. The van der Waals surface area contributed by atoms with Crippen LogP contribution in [0.5, 0.6) is 0 Å². The van der Waals surface area contributed by atoms with Crippen molar-refractivity contribution in [2.24, 2.45) is 0 Å². The summed E-state index contributed by atoms with van der Waals surface area (Å²) in [5, 5.41) is 10.2. The molecule has 0 heterocycles. The van der Waals surface area contributed by atoms with E-state index in [2.05, 4.69) is 30.8 Å². The summed E-state index contributed by atoms with van der Waals surface area (Å²) in [5.74, 6) is -0.00965. The largest absolute Gasteiger partial charge is 0.447 e. The lowest BCUT2D eigenvalue weighted by Crippen LogP contribution is -2.30. The highest BCUT2D eigenvalue weighted by Gasteiger charge is 2.29. The third-order valence-corrected chi connectivity index (χ3v) is 3.97. The maximum Gasteiger partial charge on any atom is 0.434 e. The Morgan fingerprint density at radius 3 is 2.17 bits per heavy atom. The van der Waals surface area contributed by atoms with Gasteiger partial charge in [0.05, 0.1) is 6.54 Å². The number of nitrogens with zero attached hydrogens (tertiary/aromatic N) is 1. The number of hydrogen-bond acceptors (Lipinski definition) is 3. The number of hydroxylamine groups is 2. The van der Waals surface area contributed by atoms with Crippen molar-refractivity contribution in [1.29, 1.82) is 0 Å². The number of ether oxygens (including phenoxy) is 1. The van der Waals surface area contributed by atoms with Crippen LogP contribution in [0.15, 0.2) is 60.7 Å². The molecule has 0 bridgehead atoms. The Labute approximate surface area is 135 Å². The normalized spacial score (nSPS) is 12.4. The molecule has 4 nitrogen and oxygen atoms in total. The topological polar surface area (TPSA) is 49.8 Å². The summed E-state index contributed by atoms with van der Waals surface area (Å²) in [6.45, 7) is 5.66. The van der Waals surface area contributed by atoms with Crippen LogP contribution in [0.2, 0.25) is 0 Å². The first-order chi connectivity index (χ1) is 11.1. The highest BCUT2D eigenvalue weighted by atomic mass is 16.6. The van der Waals surface area contributed by atoms with Gasteiger partial charge in [0.25, 0.3) is 0 Å². The lowest BCUT2D eigenvalue weighted by Gasteiger charge is -2.18. The van der Waals surface area contributed by atoms with Gasteiger partial charge < -0.3 is 4.74 Å². The number of fused-ring (bicyclic) bond motifs is 3. The molecule has 0 spiro atoms. The zero-order valence-corrected chi connectivity index (χ0v) is 13.0. The quantitative estimate of drug-likeness (QED) is 0.523. The Morgan fingerprint density at radius 2 is 1.65 bits per heavy atom. The first kappa shape index (κ1) is 15.3. The summed E-state index contributed by atoms with van der Waals surface area (Å²) < 4.78 is 5.30. The molecule has 0 radical (unpaired) electrons. The van der Waals surface area contributed by atoms with Crippen LogP contribution in [0.3, 0.4) is 0 Å². The fourth-order valence-electron chi connectivity index (χ4n) is 2.99. The summed E-state index contributed by atoms with van der Waals surface area (Å²) in [4.78, 5) is 11.9. The molecule has 4 heteroatoms. The van der Waals surface area contributed by atoms with Crippen molar-refractivity contribution in [2.45, 2.75) is 12.8 Å². The third-order valence-electron chi connectivity index (χ3n) is 3.97. The van der Waals surface area contributed by atoms with Gasteiger partial charge >= 0.3 is 6.09 Å². The summed E-state index contributed by atoms with van der Waals surface area (Å²) in [6, 6.07) is 16.2. The molecule has 1 aliphatic rings. The molecule has 0 atom stereocenters. The molecule has 118 valence electrons. The molecule has 0 saturated heterocycles. The molecule has 2 aromatic rings. The maximum atomic E-state index is 11.9. The molecule has 23 heavy (non-hydrogen) atoms. The highest BCUT2D eigenvalue weighted by Crippen LogP contribution is 2.44. The highest BCUT2D eigenvalue weighted by molar-refractivity contribution is 5.79. The minimum atomic E-state index is -0.755. The number of carbonyl (C=O) groups excluding carboxylic acids is 1. The summed E-state index contributed by atoms with van der Waals surface area (Å²) in [7, 11) is 0. The van der Waals surface area contributed by atoms with Crippen LogP contribution in [-0.2, 0) is 4.74 Å². The average molecular weight is 309 g/mol. The number of hydrogen-bond donors (Lipinski definition) is 1. The second-order valence-corrected chi connectivity index (χ2v) is 5.82. The summed E-state index contributed by atoms with van der Waals surface area (Å²) in [5.41, 5.74) is 5.32. The van der Waals surface area contributed by atoms with Gasteiger partial charge in [-0.15, -0.1) is 0 Å². The van der Waals surface area contributed by atoms with Crippen LogP contribution < -0.4 is 0 Å². The van der Waals surface area contributed by atoms with E-state index in [1.54, 1.807) is 6.92 Å². The van der Waals surface area contributed by atoms with Crippen LogP contribution in [0.1, 0.15) is 24.0 Å². The van der Waals surface area contributed by atoms with Gasteiger partial charge in [0.2, 0.25) is 0 Å². The van der Waals surface area contributed by atoms with Gasteiger partial charge in [-0.25, -0.2) is 4.79 Å². The van der Waals surface area contributed by atoms with E-state index in [0.717, 1.165) is 11.1 Å². The van der Waals surface area contributed by atoms with E-state index in [1.807, 2.05) is 24.3 Å². The van der Waals surface area contributed by atoms with Crippen LogP contribution in [0.4, 0.5) is 4.79 Å². The fraction of sp³-hybridized carbons (Fsp3) is 0.211. The molecule has 1 amide bonds. The van der Waals surface area contributed by atoms with Crippen molar-refractivity contribution in [3.8, 4) is 11.1 Å². The minimum absolute atomic E-state index is 0.00965. The standard InChI is InChI=1S/C19H19NO3/c1-13(2)11-20(22)19(21)23-12-18-16-9-5-3-7-14(16)15-8-4-6-10-17(15)18/h3-10,18,22H,1,11-12H2,2H3. The van der Waals surface area contributed by atoms with Gasteiger partial charge in [-0.05, 0) is 29.2 Å². The van der Waals surface area contributed by atoms with Crippen molar-refractivity contribution in [3.05, 3.63) is 71.8 Å². The van der Waals surface area contributed by atoms with Gasteiger partial charge in [0.15, 0.2) is 0 Å². The van der Waals surface area contributed by atoms with Crippen molar-refractivity contribution >= 4 is 6.09 Å². The van der Waals surface area contributed by atoms with Crippen molar-refractivity contribution in [3.63, 3.8) is 0 Å². The van der Waals surface area contributed by atoms with E-state index >= 15 is 0 Å². The summed E-state index contributed by atoms with van der Waals surface area (Å²) >= 11 is 0. The van der Waals surface area contributed by atoms with Gasteiger partial charge in [-0.2, -0.15) is 5.06 Å². The monoisotopic (exact) mass is 309 g/mol. The Morgan fingerprint density at radius 1 is 1.13 bits per heavy atom. The average Bonchev–Trinajstić information content (AvgIpc) is 2.86. The summed E-state index contributed by atoms with van der Waals surface area (Å²) in [6.07, 6.45) is -0.755. The Kier molecular flexibility index (Phi) is 4.17. The molecule has 0 fully saturated rings. The zero-order valence-electron chi connectivity index (χ0n) is 13.0. The van der Waals surface area contributed by atoms with E-state index < -0.39 is 6.09 Å². The predicted molar refractivity (Wildman–Crippen MR) is 88.4 cm³/mol. The molecular weight excluding hydrogens is 290 g/mol. The molecule has 1 N–H and O–H groups in total. The number of rotatable bonds is 4. The lowest BCUT2D eigenvalue weighted by atomic mass is 9.98. The van der Waals surface area contributed by atoms with E-state index in [0.29, 0.717) is 10.6 Å². The molecule has 3 rings (SSSR count). The molecule has 0 aromatic heterocycles. The first-order valence-corrected chi connectivity index (χ1v) is 7.53. The molecule has 0 unspecified atom stereocenters. The molecule has 0 aliphatic heterocycles. The Balaban J connectivity index is 1.78. The van der Waals surface area contributed by atoms with Crippen LogP contribution in [0, 0.1) is 0 Å². The SMILES string of the molecule is C=C(C)CN(O)C(=O)OCC1c2ccccc2-c2ccccc21. The number of carbonyl (C=O) groups is 1. The second-order valence-electron chi connectivity index (χ2n) is 5.82. The molecule has 0 saturated carbocycles. The second kappa shape index (κ2) is 6.26. The van der Waals surface area contributed by atoms with Crippen LogP contribution >= 0.6 is 0 Å². The molecule has 1 aliphatic carbocycles. The molecule has 2 aromatic carbocycles. The van der Waals surface area contributed by atoms with E-state index in [9.17, 15) is 10.0 Å². The van der Waals surface area contributed by atoms with Gasteiger partial charge in [0.1, 0.15) is 6.61 Å². The van der Waals surface area contributed by atoms with Crippen molar-refractivity contribution in [1.82, 2.24) is 5.06 Å². The molecular formula is C19H19NO3. The smallest absolute Gasteiger partial charge is 0.434 e. The van der Waals surface area contributed by atoms with Crippen molar-refractivity contribution < 1.29 is 14.7 Å². The first-order valence-electron chi connectivity index (χ1n) is 7.53. The zero-order chi connectivity index (χ0) is 16.4. The van der Waals surface area contributed by atoms with Crippen LogP contribution in [0.25, 0.3) is 11.1 Å². The van der Waals surface area contributed by atoms with E-state index in [4.69, 9.17) is 4.74 Å². The predicted octanol–water partition coefficient (Wildman–Crippen LogP) is 4.20. The maximum absolute atomic E-state index is 11.9. The van der Waals surface area contributed by atoms with E-state index in [-0.39, 0.29) is 19.1 Å². The lowest BCUT2D eigenvalue weighted by molar-refractivity contribution is -0.0675. The Bertz CT molecular complexity index is 708.